The maximum absolute atomic E-state index is 12.7. The van der Waals surface area contributed by atoms with Crippen LogP contribution in [0.15, 0.2) is 85.1 Å². The summed E-state index contributed by atoms with van der Waals surface area (Å²) < 4.78 is 47.7. The Hall–Kier alpha value is -3.03. The van der Waals surface area contributed by atoms with Crippen molar-refractivity contribution in [2.45, 2.75) is 161 Å². The van der Waals surface area contributed by atoms with Gasteiger partial charge in [0.1, 0.15) is 12.7 Å². The standard InChI is InChI=1S/C46H76O14P2/c1-3-5-7-8-9-10-11-12-13-14-15-16-17-18-19-22-25-28-32-36-45(49)56-40-44(41-59-62(54,55)58-39-43(48)38-57-61(51,52)53)60-46(50)37-33-29-26-23-20-21-24-27-31-35-42(47)34-30-6-4-2/h5,7,9-10,12-13,15-16,18-19,24,27,31,35,43-44,48H,3-4,6,8,11,14,17,20-23,25-26,28-30,32-34,36-41H2,1-2H3,(H,54,55)(H2,51,52,53)/b7-5-,10-9-,13-12-,16-15-,19-18-,27-24-,35-31+/t43-,44+/m0/s1. The van der Waals surface area contributed by atoms with Gasteiger partial charge in [-0.15, -0.1) is 0 Å². The third-order valence-electron chi connectivity index (χ3n) is 8.73. The van der Waals surface area contributed by atoms with Gasteiger partial charge in [0, 0.05) is 19.3 Å². The van der Waals surface area contributed by atoms with E-state index in [1.807, 2.05) is 12.2 Å². The van der Waals surface area contributed by atoms with Crippen LogP contribution in [0.3, 0.4) is 0 Å². The molecule has 0 bridgehead atoms. The van der Waals surface area contributed by atoms with E-state index in [0.29, 0.717) is 19.3 Å². The summed E-state index contributed by atoms with van der Waals surface area (Å²) in [5, 5.41) is 9.75. The van der Waals surface area contributed by atoms with Crippen LogP contribution in [-0.4, -0.2) is 76.1 Å². The van der Waals surface area contributed by atoms with E-state index in [1.165, 1.54) is 0 Å². The average molecular weight is 915 g/mol. The molecule has 0 aliphatic rings. The molecular formula is C46H76O14P2. The molecule has 1 unspecified atom stereocenters. The van der Waals surface area contributed by atoms with Crippen molar-refractivity contribution in [3.05, 3.63) is 85.1 Å². The Morgan fingerprint density at radius 1 is 0.532 bits per heavy atom. The van der Waals surface area contributed by atoms with E-state index in [1.54, 1.807) is 12.2 Å². The van der Waals surface area contributed by atoms with Crippen LogP contribution in [-0.2, 0) is 46.6 Å². The molecule has 4 N–H and O–H groups in total. The van der Waals surface area contributed by atoms with Gasteiger partial charge < -0.3 is 29.3 Å². The van der Waals surface area contributed by atoms with E-state index in [4.69, 9.17) is 23.8 Å². The summed E-state index contributed by atoms with van der Waals surface area (Å²) in [7, 11) is -9.72. The summed E-state index contributed by atoms with van der Waals surface area (Å²) in [4.78, 5) is 64.5. The number of aliphatic hydroxyl groups is 1. The molecule has 3 atom stereocenters. The van der Waals surface area contributed by atoms with Crippen molar-refractivity contribution in [2.24, 2.45) is 0 Å². The Balaban J connectivity index is 4.64. The molecule has 0 aliphatic carbocycles. The number of unbranched alkanes of at least 4 members (excludes halogenated alkanes) is 10. The zero-order valence-electron chi connectivity index (χ0n) is 37.2. The fourth-order valence-electron chi connectivity index (χ4n) is 5.35. The van der Waals surface area contributed by atoms with Crippen LogP contribution in [0, 0.1) is 0 Å². The smallest absolute Gasteiger partial charge is 0.462 e. The van der Waals surface area contributed by atoms with Crippen molar-refractivity contribution >= 4 is 33.4 Å². The van der Waals surface area contributed by atoms with Crippen LogP contribution >= 0.6 is 15.6 Å². The van der Waals surface area contributed by atoms with Crippen LogP contribution in [0.1, 0.15) is 149 Å². The molecule has 0 aromatic carbocycles. The number of hydrogen-bond acceptors (Lipinski definition) is 11. The molecule has 0 heterocycles. The minimum atomic E-state index is -4.88. The summed E-state index contributed by atoms with van der Waals surface area (Å²) >= 11 is 0. The van der Waals surface area contributed by atoms with Crippen molar-refractivity contribution in [2.75, 3.05) is 26.4 Å². The predicted molar refractivity (Wildman–Crippen MR) is 244 cm³/mol. The second kappa shape index (κ2) is 40.7. The third-order valence-corrected chi connectivity index (χ3v) is 10.2. The Morgan fingerprint density at radius 3 is 1.65 bits per heavy atom. The van der Waals surface area contributed by atoms with Crippen LogP contribution in [0.2, 0.25) is 0 Å². The van der Waals surface area contributed by atoms with Gasteiger partial charge >= 0.3 is 27.6 Å². The molecular weight excluding hydrogens is 838 g/mol. The maximum Gasteiger partial charge on any atom is 0.472 e. The van der Waals surface area contributed by atoms with Crippen LogP contribution in [0.25, 0.3) is 0 Å². The van der Waals surface area contributed by atoms with E-state index >= 15 is 0 Å². The van der Waals surface area contributed by atoms with Gasteiger partial charge in [0.25, 0.3) is 0 Å². The first-order valence-electron chi connectivity index (χ1n) is 22.2. The summed E-state index contributed by atoms with van der Waals surface area (Å²) in [5.41, 5.74) is 0. The van der Waals surface area contributed by atoms with Crippen molar-refractivity contribution in [1.82, 2.24) is 0 Å². The average Bonchev–Trinajstić information content (AvgIpc) is 3.23. The summed E-state index contributed by atoms with van der Waals surface area (Å²) in [5.74, 6) is -0.997. The predicted octanol–water partition coefficient (Wildman–Crippen LogP) is 10.7. The number of allylic oxidation sites excluding steroid dienone is 14. The quantitative estimate of drug-likeness (QED) is 0.0112. The monoisotopic (exact) mass is 914 g/mol. The zero-order valence-corrected chi connectivity index (χ0v) is 39.0. The summed E-state index contributed by atoms with van der Waals surface area (Å²) in [6, 6.07) is 0. The molecule has 0 rings (SSSR count). The van der Waals surface area contributed by atoms with Crippen molar-refractivity contribution < 1.29 is 66.3 Å². The maximum atomic E-state index is 12.7. The first-order valence-corrected chi connectivity index (χ1v) is 25.3. The van der Waals surface area contributed by atoms with Crippen molar-refractivity contribution in [3.8, 4) is 0 Å². The normalized spacial score (nSPS) is 14.7. The van der Waals surface area contributed by atoms with Gasteiger partial charge in [0.2, 0.25) is 0 Å². The Kier molecular flexibility index (Phi) is 38.7. The van der Waals surface area contributed by atoms with Gasteiger partial charge in [-0.2, -0.15) is 0 Å². The molecule has 0 saturated carbocycles. The number of aliphatic hydroxyl groups excluding tert-OH is 1. The molecule has 0 aliphatic heterocycles. The molecule has 354 valence electrons. The van der Waals surface area contributed by atoms with Gasteiger partial charge in [0.15, 0.2) is 11.9 Å². The number of carbonyl (C=O) groups is 3. The highest BCUT2D eigenvalue weighted by atomic mass is 31.2. The van der Waals surface area contributed by atoms with Gasteiger partial charge in [-0.25, -0.2) is 9.13 Å². The van der Waals surface area contributed by atoms with E-state index in [2.05, 4.69) is 83.7 Å². The lowest BCUT2D eigenvalue weighted by molar-refractivity contribution is -0.161. The number of ether oxygens (including phenoxy) is 2. The molecule has 0 fully saturated rings. The number of phosphoric acid groups is 2. The summed E-state index contributed by atoms with van der Waals surface area (Å²) in [6.07, 6.45) is 42.7. The Morgan fingerprint density at radius 2 is 1.03 bits per heavy atom. The van der Waals surface area contributed by atoms with Gasteiger partial charge in [-0.3, -0.25) is 28.0 Å². The van der Waals surface area contributed by atoms with Crippen LogP contribution < -0.4 is 0 Å². The van der Waals surface area contributed by atoms with Crippen LogP contribution in [0.5, 0.6) is 0 Å². The van der Waals surface area contributed by atoms with E-state index in [9.17, 15) is 33.5 Å². The lowest BCUT2D eigenvalue weighted by Gasteiger charge is -2.20. The molecule has 0 radical (unpaired) electrons. The largest absolute Gasteiger partial charge is 0.472 e. The van der Waals surface area contributed by atoms with Gasteiger partial charge in [0.05, 0.1) is 19.8 Å². The van der Waals surface area contributed by atoms with Crippen molar-refractivity contribution in [3.63, 3.8) is 0 Å². The number of ketones is 1. The van der Waals surface area contributed by atoms with Crippen molar-refractivity contribution in [1.29, 1.82) is 0 Å². The third kappa shape index (κ3) is 43.6. The fraction of sp³-hybridized carbons (Fsp3) is 0.630. The molecule has 0 spiro atoms. The lowest BCUT2D eigenvalue weighted by Crippen LogP contribution is -2.30. The number of phosphoric ester groups is 2. The second-order valence-corrected chi connectivity index (χ2v) is 17.3. The lowest BCUT2D eigenvalue weighted by atomic mass is 10.1. The van der Waals surface area contributed by atoms with Gasteiger partial charge in [-0.05, 0) is 83.1 Å². The van der Waals surface area contributed by atoms with E-state index < -0.39 is 66.2 Å². The van der Waals surface area contributed by atoms with E-state index in [0.717, 1.165) is 103 Å². The Bertz CT molecular complexity index is 1480. The SMILES string of the molecule is CC/C=C\C/C=C\C/C=C\C/C=C\C/C=C\CCCCCC(=O)OC[C@H](COP(=O)(O)OC[C@@H](O)COP(=O)(O)O)OC(=O)CCCCCCC/C=C\C=C\C(=O)CCCCC. The minimum absolute atomic E-state index is 0.0678. The second-order valence-electron chi connectivity index (χ2n) is 14.6. The minimum Gasteiger partial charge on any atom is -0.462 e. The molecule has 0 saturated heterocycles. The first-order chi connectivity index (χ1) is 29.8. The number of hydrogen-bond donors (Lipinski definition) is 4. The fourth-order valence-corrected chi connectivity index (χ4v) is 6.51. The number of esters is 2. The molecule has 0 amide bonds. The van der Waals surface area contributed by atoms with E-state index in [-0.39, 0.29) is 18.6 Å². The van der Waals surface area contributed by atoms with Crippen LogP contribution in [0.4, 0.5) is 0 Å². The van der Waals surface area contributed by atoms with Gasteiger partial charge in [-0.1, -0.05) is 131 Å². The highest BCUT2D eigenvalue weighted by molar-refractivity contribution is 7.47. The Labute approximate surface area is 371 Å². The molecule has 16 heteroatoms. The zero-order chi connectivity index (χ0) is 46.0. The number of carbonyl (C=O) groups excluding carboxylic acids is 3. The molecule has 0 aromatic heterocycles. The summed E-state index contributed by atoms with van der Waals surface area (Å²) in [6.45, 7) is 1.39. The topological polar surface area (TPSA) is 212 Å². The molecule has 14 nitrogen and oxygen atoms in total. The highest BCUT2D eigenvalue weighted by Gasteiger charge is 2.28. The highest BCUT2D eigenvalue weighted by Crippen LogP contribution is 2.43. The first kappa shape index (κ1) is 59.0. The molecule has 62 heavy (non-hydrogen) atoms. The molecule has 0 aromatic rings. The number of rotatable bonds is 41.